The zero-order valence-corrected chi connectivity index (χ0v) is 14.4. The minimum absolute atomic E-state index is 0.183. The van der Waals surface area contributed by atoms with Crippen LogP contribution in [0.3, 0.4) is 0 Å². The second-order valence-electron chi connectivity index (χ2n) is 5.26. The minimum atomic E-state index is -0.497. The van der Waals surface area contributed by atoms with E-state index < -0.39 is 5.97 Å². The highest BCUT2D eigenvalue weighted by molar-refractivity contribution is 7.23. The van der Waals surface area contributed by atoms with Crippen molar-refractivity contribution in [2.45, 2.75) is 40.0 Å². The van der Waals surface area contributed by atoms with Crippen molar-refractivity contribution in [3.05, 3.63) is 23.3 Å². The van der Waals surface area contributed by atoms with Crippen molar-refractivity contribution >= 4 is 38.3 Å². The molecule has 2 rings (SSSR count). The van der Waals surface area contributed by atoms with Crippen LogP contribution in [0.4, 0.5) is 5.00 Å². The van der Waals surface area contributed by atoms with Gasteiger partial charge in [0.05, 0.1) is 11.3 Å². The molecule has 0 atom stereocenters. The van der Waals surface area contributed by atoms with Gasteiger partial charge in [-0.3, -0.25) is 4.79 Å². The van der Waals surface area contributed by atoms with Crippen LogP contribution < -0.4 is 5.32 Å². The molecule has 124 valence electrons. The molecule has 23 heavy (non-hydrogen) atoms. The first-order valence-corrected chi connectivity index (χ1v) is 8.53. The number of unbranched alkanes of at least 4 members (excludes halogenated alkanes) is 1. The van der Waals surface area contributed by atoms with Crippen molar-refractivity contribution in [1.82, 2.24) is 0 Å². The Morgan fingerprint density at radius 1 is 1.30 bits per heavy atom. The largest absolute Gasteiger partial charge is 0.506 e. The Hall–Kier alpha value is -2.08. The second kappa shape index (κ2) is 7.46. The van der Waals surface area contributed by atoms with Gasteiger partial charge >= 0.3 is 5.97 Å². The molecule has 0 bridgehead atoms. The third kappa shape index (κ3) is 3.64. The van der Waals surface area contributed by atoms with Crippen molar-refractivity contribution < 1.29 is 19.4 Å². The van der Waals surface area contributed by atoms with E-state index >= 15 is 0 Å². The van der Waals surface area contributed by atoms with E-state index in [1.165, 1.54) is 18.3 Å². The van der Waals surface area contributed by atoms with Crippen molar-refractivity contribution in [2.24, 2.45) is 0 Å². The molecule has 0 unspecified atom stereocenters. The maximum atomic E-state index is 12.2. The fraction of sp³-hybridized carbons (Fsp3) is 0.412. The lowest BCUT2D eigenvalue weighted by atomic mass is 10.0. The monoisotopic (exact) mass is 335 g/mol. The number of phenolic OH excluding ortho intramolecular Hbond substituents is 1. The number of nitrogens with one attached hydrogen (secondary N) is 1. The Labute approximate surface area is 139 Å². The molecule has 5 nitrogen and oxygen atoms in total. The SMILES string of the molecule is CCCCc1ccc2c(C(=O)OCC)c(NC(C)=O)sc2c1O. The molecular weight excluding hydrogens is 314 g/mol. The molecule has 1 amide bonds. The van der Waals surface area contributed by atoms with E-state index in [2.05, 4.69) is 12.2 Å². The average Bonchev–Trinajstić information content (AvgIpc) is 2.85. The highest BCUT2D eigenvalue weighted by Crippen LogP contribution is 2.42. The number of phenols is 1. The third-order valence-electron chi connectivity index (χ3n) is 3.48. The van der Waals surface area contributed by atoms with E-state index in [1.807, 2.05) is 12.1 Å². The molecule has 2 aromatic rings. The van der Waals surface area contributed by atoms with Crippen LogP contribution in [0.15, 0.2) is 12.1 Å². The Balaban J connectivity index is 2.58. The Kier molecular flexibility index (Phi) is 5.60. The van der Waals surface area contributed by atoms with Crippen molar-refractivity contribution in [2.75, 3.05) is 11.9 Å². The number of ether oxygens (including phenoxy) is 1. The predicted octanol–water partition coefficient (Wildman–Crippen LogP) is 4.08. The fourth-order valence-corrected chi connectivity index (χ4v) is 3.61. The molecule has 0 saturated carbocycles. The number of benzene rings is 1. The molecule has 0 fully saturated rings. The standard InChI is InChI=1S/C17H21NO4S/c1-4-6-7-11-8-9-12-13(17(21)22-5-2)16(18-10(3)19)23-15(12)14(11)20/h8-9,20H,4-7H2,1-3H3,(H,18,19). The van der Waals surface area contributed by atoms with Gasteiger partial charge in [0.2, 0.25) is 5.91 Å². The number of rotatable bonds is 6. The number of anilines is 1. The lowest BCUT2D eigenvalue weighted by Crippen LogP contribution is -2.10. The summed E-state index contributed by atoms with van der Waals surface area (Å²) in [5, 5.41) is 14.2. The fourth-order valence-electron chi connectivity index (χ4n) is 2.41. The van der Waals surface area contributed by atoms with Gasteiger partial charge < -0.3 is 15.2 Å². The molecule has 1 heterocycles. The number of aromatic hydroxyl groups is 1. The summed E-state index contributed by atoms with van der Waals surface area (Å²) in [5.41, 5.74) is 1.16. The van der Waals surface area contributed by atoms with Gasteiger partial charge in [0.15, 0.2) is 0 Å². The average molecular weight is 335 g/mol. The summed E-state index contributed by atoms with van der Waals surface area (Å²) < 4.78 is 5.69. The summed E-state index contributed by atoms with van der Waals surface area (Å²) in [6.07, 6.45) is 2.79. The van der Waals surface area contributed by atoms with Crippen LogP contribution in [0.2, 0.25) is 0 Å². The number of esters is 1. The third-order valence-corrected chi connectivity index (χ3v) is 4.61. The summed E-state index contributed by atoms with van der Waals surface area (Å²) in [4.78, 5) is 23.6. The van der Waals surface area contributed by atoms with E-state index in [1.54, 1.807) is 6.92 Å². The van der Waals surface area contributed by atoms with Gasteiger partial charge in [-0.1, -0.05) is 25.5 Å². The molecule has 0 spiro atoms. The number of hydrogen-bond acceptors (Lipinski definition) is 5. The van der Waals surface area contributed by atoms with E-state index in [0.717, 1.165) is 24.8 Å². The quantitative estimate of drug-likeness (QED) is 0.780. The van der Waals surface area contributed by atoms with Crippen LogP contribution in [0, 0.1) is 0 Å². The number of fused-ring (bicyclic) bond motifs is 1. The maximum absolute atomic E-state index is 12.2. The molecule has 0 aliphatic carbocycles. The number of carbonyl (C=O) groups excluding carboxylic acids is 2. The number of hydrogen-bond donors (Lipinski definition) is 2. The number of carbonyl (C=O) groups is 2. The lowest BCUT2D eigenvalue weighted by Gasteiger charge is -2.06. The summed E-state index contributed by atoms with van der Waals surface area (Å²) in [6.45, 7) is 5.45. The van der Waals surface area contributed by atoms with Crippen LogP contribution in [-0.2, 0) is 16.0 Å². The lowest BCUT2D eigenvalue weighted by molar-refractivity contribution is -0.114. The maximum Gasteiger partial charge on any atom is 0.341 e. The molecule has 6 heteroatoms. The first-order chi connectivity index (χ1) is 11.0. The molecule has 0 aliphatic rings. The number of thiophene rings is 1. The molecular formula is C17H21NO4S. The van der Waals surface area contributed by atoms with Crippen LogP contribution in [0.1, 0.15) is 49.5 Å². The Bertz CT molecular complexity index is 736. The van der Waals surface area contributed by atoms with Gasteiger partial charge in [0.25, 0.3) is 0 Å². The smallest absolute Gasteiger partial charge is 0.341 e. The zero-order valence-electron chi connectivity index (χ0n) is 13.6. The van der Waals surface area contributed by atoms with E-state index in [0.29, 0.717) is 20.7 Å². The van der Waals surface area contributed by atoms with Crippen LogP contribution in [-0.4, -0.2) is 23.6 Å². The van der Waals surface area contributed by atoms with Gasteiger partial charge in [-0.15, -0.1) is 11.3 Å². The van der Waals surface area contributed by atoms with Crippen LogP contribution in [0.5, 0.6) is 5.75 Å². The van der Waals surface area contributed by atoms with E-state index in [9.17, 15) is 14.7 Å². The molecule has 1 aromatic heterocycles. The van der Waals surface area contributed by atoms with Gasteiger partial charge in [-0.25, -0.2) is 4.79 Å². The van der Waals surface area contributed by atoms with Crippen molar-refractivity contribution in [1.29, 1.82) is 0 Å². The first-order valence-electron chi connectivity index (χ1n) is 7.71. The first kappa shape index (κ1) is 17.3. The second-order valence-corrected chi connectivity index (χ2v) is 6.28. The van der Waals surface area contributed by atoms with Crippen LogP contribution >= 0.6 is 11.3 Å². The molecule has 0 saturated heterocycles. The Morgan fingerprint density at radius 2 is 2.04 bits per heavy atom. The summed E-state index contributed by atoms with van der Waals surface area (Å²) in [5.74, 6) is -0.584. The van der Waals surface area contributed by atoms with Gasteiger partial charge in [0, 0.05) is 12.3 Å². The van der Waals surface area contributed by atoms with Crippen molar-refractivity contribution in [3.63, 3.8) is 0 Å². The minimum Gasteiger partial charge on any atom is -0.506 e. The van der Waals surface area contributed by atoms with E-state index in [4.69, 9.17) is 4.74 Å². The summed E-state index contributed by atoms with van der Waals surface area (Å²) >= 11 is 1.20. The highest BCUT2D eigenvalue weighted by Gasteiger charge is 2.23. The van der Waals surface area contributed by atoms with Gasteiger partial charge in [-0.05, 0) is 25.3 Å². The number of amides is 1. The normalized spacial score (nSPS) is 10.7. The van der Waals surface area contributed by atoms with E-state index in [-0.39, 0.29) is 18.3 Å². The number of aryl methyl sites for hydroxylation is 1. The molecule has 2 N–H and O–H groups in total. The highest BCUT2D eigenvalue weighted by atomic mass is 32.1. The molecule has 0 radical (unpaired) electrons. The van der Waals surface area contributed by atoms with Gasteiger partial charge in [0.1, 0.15) is 16.3 Å². The summed E-state index contributed by atoms with van der Waals surface area (Å²) in [6, 6.07) is 3.65. The predicted molar refractivity (Wildman–Crippen MR) is 92.4 cm³/mol. The molecule has 0 aliphatic heterocycles. The topological polar surface area (TPSA) is 75.6 Å². The summed E-state index contributed by atoms with van der Waals surface area (Å²) in [7, 11) is 0. The van der Waals surface area contributed by atoms with Crippen molar-refractivity contribution in [3.8, 4) is 5.75 Å². The zero-order chi connectivity index (χ0) is 17.0. The Morgan fingerprint density at radius 3 is 2.65 bits per heavy atom. The van der Waals surface area contributed by atoms with Gasteiger partial charge in [-0.2, -0.15) is 0 Å². The molecule has 1 aromatic carbocycles. The van der Waals surface area contributed by atoms with Crippen LogP contribution in [0.25, 0.3) is 10.1 Å².